The SMILES string of the molecule is O=C1C2=Cc3ccccc3C2=C([N+](=O)[O-])C([N+](=O)[O-])=C1[N+](=O)[O-].c1ccc2c(c1)[nH]c1ccccc12. The van der Waals surface area contributed by atoms with Crippen LogP contribution >= 0.6 is 0 Å². The molecule has 6 rings (SSSR count). The number of benzene rings is 3. The number of Topliss-reactive ketones (excluding diaryl/α,β-unsaturated/α-hetero) is 1. The monoisotopic (exact) mass is 482 g/mol. The normalized spacial score (nSPS) is 14.2. The fourth-order valence-electron chi connectivity index (χ4n) is 4.44. The highest BCUT2D eigenvalue weighted by Crippen LogP contribution is 2.44. The van der Waals surface area contributed by atoms with Gasteiger partial charge in [0.1, 0.15) is 0 Å². The molecular weight excluding hydrogens is 468 g/mol. The highest BCUT2D eigenvalue weighted by molar-refractivity contribution is 6.25. The molecule has 0 aliphatic heterocycles. The number of nitrogens with zero attached hydrogens (tertiary/aromatic N) is 3. The van der Waals surface area contributed by atoms with E-state index in [-0.39, 0.29) is 16.7 Å². The minimum Gasteiger partial charge on any atom is -0.355 e. The van der Waals surface area contributed by atoms with Gasteiger partial charge in [-0.1, -0.05) is 60.7 Å². The lowest BCUT2D eigenvalue weighted by Crippen LogP contribution is -2.27. The van der Waals surface area contributed by atoms with Crippen LogP contribution in [0.25, 0.3) is 33.5 Å². The van der Waals surface area contributed by atoms with Gasteiger partial charge in [0.05, 0.1) is 20.3 Å². The summed E-state index contributed by atoms with van der Waals surface area (Å²) in [4.78, 5) is 45.6. The van der Waals surface area contributed by atoms with E-state index in [2.05, 4.69) is 53.5 Å². The van der Waals surface area contributed by atoms with Crippen LogP contribution in [-0.2, 0) is 4.79 Å². The molecule has 0 fully saturated rings. The van der Waals surface area contributed by atoms with E-state index in [4.69, 9.17) is 0 Å². The second kappa shape index (κ2) is 8.40. The third-order valence-corrected chi connectivity index (χ3v) is 5.91. The van der Waals surface area contributed by atoms with Crippen molar-refractivity contribution in [1.29, 1.82) is 0 Å². The van der Waals surface area contributed by atoms with Crippen molar-refractivity contribution < 1.29 is 19.6 Å². The third-order valence-electron chi connectivity index (χ3n) is 5.91. The van der Waals surface area contributed by atoms with Crippen LogP contribution in [0, 0.1) is 30.3 Å². The van der Waals surface area contributed by atoms with E-state index >= 15 is 0 Å². The second-order valence-corrected chi connectivity index (χ2v) is 7.88. The van der Waals surface area contributed by atoms with Gasteiger partial charge in [0.15, 0.2) is 0 Å². The highest BCUT2D eigenvalue weighted by Gasteiger charge is 2.54. The molecule has 0 unspecified atom stereocenters. The summed E-state index contributed by atoms with van der Waals surface area (Å²) in [5, 5.41) is 36.2. The molecule has 0 spiro atoms. The maximum absolute atomic E-state index is 12.3. The molecule has 1 N–H and O–H groups in total. The Balaban J connectivity index is 0.000000172. The van der Waals surface area contributed by atoms with Gasteiger partial charge in [0, 0.05) is 27.4 Å². The van der Waals surface area contributed by atoms with Gasteiger partial charge in [-0.05, 0) is 29.3 Å². The number of rotatable bonds is 3. The van der Waals surface area contributed by atoms with E-state index in [1.807, 2.05) is 0 Å². The Hall–Kier alpha value is -5.45. The van der Waals surface area contributed by atoms with E-state index in [1.165, 1.54) is 33.9 Å². The molecule has 4 aromatic rings. The van der Waals surface area contributed by atoms with E-state index in [0.29, 0.717) is 5.56 Å². The highest BCUT2D eigenvalue weighted by atomic mass is 16.7. The Labute approximate surface area is 201 Å². The van der Waals surface area contributed by atoms with Crippen LogP contribution in [0.5, 0.6) is 0 Å². The number of carbonyl (C=O) groups excluding carboxylic acids is 1. The van der Waals surface area contributed by atoms with Gasteiger partial charge >= 0.3 is 17.1 Å². The fourth-order valence-corrected chi connectivity index (χ4v) is 4.44. The predicted molar refractivity (Wildman–Crippen MR) is 130 cm³/mol. The van der Waals surface area contributed by atoms with Crippen molar-refractivity contribution in [2.24, 2.45) is 0 Å². The fraction of sp³-hybridized carbons (Fsp3) is 0. The molecule has 0 saturated carbocycles. The zero-order valence-corrected chi connectivity index (χ0v) is 18.2. The first-order valence-electron chi connectivity index (χ1n) is 10.5. The first-order valence-corrected chi connectivity index (χ1v) is 10.5. The van der Waals surface area contributed by atoms with Crippen LogP contribution in [0.1, 0.15) is 11.1 Å². The summed E-state index contributed by atoms with van der Waals surface area (Å²) in [6.07, 6.45) is 1.26. The van der Waals surface area contributed by atoms with Crippen LogP contribution in [0.15, 0.2) is 95.5 Å². The summed E-state index contributed by atoms with van der Waals surface area (Å²) in [6, 6.07) is 22.9. The summed E-state index contributed by atoms with van der Waals surface area (Å²) in [5.41, 5.74) is -1.27. The standard InChI is InChI=1S/C13H5N3O7.C12H9N/c17-13-8-5-6-3-1-2-4-7(6)9(8)10(14(18)19)11(15(20)21)12(13)16(22)23;1-3-7-11-9(5-1)10-6-2-4-8-12(10)13-11/h1-5H;1-8,13H. The van der Waals surface area contributed by atoms with Crippen molar-refractivity contribution in [1.82, 2.24) is 4.98 Å². The van der Waals surface area contributed by atoms with Gasteiger partial charge in [-0.2, -0.15) is 0 Å². The number of hydrogen-bond donors (Lipinski definition) is 1. The molecule has 3 aromatic carbocycles. The van der Waals surface area contributed by atoms with Crippen molar-refractivity contribution in [3.8, 4) is 0 Å². The summed E-state index contributed by atoms with van der Waals surface area (Å²) in [5.74, 6) is -1.21. The quantitative estimate of drug-likeness (QED) is 0.325. The van der Waals surface area contributed by atoms with Gasteiger partial charge in [0.25, 0.3) is 5.78 Å². The minimum absolute atomic E-state index is 0.254. The lowest BCUT2D eigenvalue weighted by atomic mass is 9.90. The number of aromatic nitrogens is 1. The molecule has 0 amide bonds. The number of nitro groups is 3. The number of carbonyl (C=O) groups is 1. The molecule has 1 aromatic heterocycles. The Morgan fingerprint density at radius 2 is 1.11 bits per heavy atom. The number of aromatic amines is 1. The first-order chi connectivity index (χ1) is 17.3. The molecule has 0 saturated heterocycles. The largest absolute Gasteiger partial charge is 0.427 e. The number of H-pyrrole nitrogens is 1. The number of para-hydroxylation sites is 2. The van der Waals surface area contributed by atoms with Crippen LogP contribution in [0.2, 0.25) is 0 Å². The van der Waals surface area contributed by atoms with E-state index in [1.54, 1.807) is 18.2 Å². The van der Waals surface area contributed by atoms with Crippen molar-refractivity contribution in [2.45, 2.75) is 0 Å². The Morgan fingerprint density at radius 1 is 0.611 bits per heavy atom. The van der Waals surface area contributed by atoms with Gasteiger partial charge in [-0.15, -0.1) is 0 Å². The first kappa shape index (κ1) is 22.3. The topological polar surface area (TPSA) is 162 Å². The van der Waals surface area contributed by atoms with Crippen LogP contribution in [0.3, 0.4) is 0 Å². The van der Waals surface area contributed by atoms with Crippen molar-refractivity contribution in [2.75, 3.05) is 0 Å². The Morgan fingerprint density at radius 3 is 1.67 bits per heavy atom. The lowest BCUT2D eigenvalue weighted by Gasteiger charge is -2.11. The molecule has 2 aliphatic rings. The molecule has 36 heavy (non-hydrogen) atoms. The summed E-state index contributed by atoms with van der Waals surface area (Å²) in [7, 11) is 0. The van der Waals surface area contributed by atoms with Crippen LogP contribution in [-0.4, -0.2) is 25.5 Å². The van der Waals surface area contributed by atoms with E-state index in [0.717, 1.165) is 0 Å². The van der Waals surface area contributed by atoms with E-state index in [9.17, 15) is 35.1 Å². The predicted octanol–water partition coefficient (Wildman–Crippen LogP) is 4.74. The maximum atomic E-state index is 12.3. The molecule has 0 radical (unpaired) electrons. The second-order valence-electron chi connectivity index (χ2n) is 7.88. The number of allylic oxidation sites excluding steroid dienone is 2. The summed E-state index contributed by atoms with van der Waals surface area (Å²) < 4.78 is 0. The average molecular weight is 482 g/mol. The number of fused-ring (bicyclic) bond motifs is 6. The molecule has 11 heteroatoms. The van der Waals surface area contributed by atoms with Gasteiger partial charge in [-0.3, -0.25) is 35.1 Å². The molecule has 0 bridgehead atoms. The number of hydrogen-bond acceptors (Lipinski definition) is 7. The summed E-state index contributed by atoms with van der Waals surface area (Å²) in [6.45, 7) is 0. The van der Waals surface area contributed by atoms with Crippen molar-refractivity contribution in [3.63, 3.8) is 0 Å². The average Bonchev–Trinajstić information content (AvgIpc) is 3.43. The summed E-state index contributed by atoms with van der Waals surface area (Å²) >= 11 is 0. The molecule has 2 aliphatic carbocycles. The Kier molecular flexibility index (Phi) is 5.21. The zero-order chi connectivity index (χ0) is 25.6. The molecule has 11 nitrogen and oxygen atoms in total. The zero-order valence-electron chi connectivity index (χ0n) is 18.2. The number of nitrogens with one attached hydrogen (secondary N) is 1. The van der Waals surface area contributed by atoms with Crippen molar-refractivity contribution >= 4 is 39.2 Å². The number of ketones is 1. The molecule has 1 heterocycles. The molecule has 176 valence electrons. The van der Waals surface area contributed by atoms with Gasteiger partial charge < -0.3 is 4.98 Å². The van der Waals surface area contributed by atoms with Crippen molar-refractivity contribution in [3.05, 3.63) is 137 Å². The third kappa shape index (κ3) is 3.42. The van der Waals surface area contributed by atoms with Crippen LogP contribution < -0.4 is 0 Å². The molecule has 0 atom stereocenters. The van der Waals surface area contributed by atoms with E-state index < -0.39 is 37.6 Å². The smallest absolute Gasteiger partial charge is 0.355 e. The van der Waals surface area contributed by atoms with Gasteiger partial charge in [0.2, 0.25) is 0 Å². The lowest BCUT2D eigenvalue weighted by molar-refractivity contribution is -0.498. The molecular formula is C25H14N4O7. The maximum Gasteiger partial charge on any atom is 0.427 e. The van der Waals surface area contributed by atoms with Crippen LogP contribution in [0.4, 0.5) is 0 Å². The van der Waals surface area contributed by atoms with Gasteiger partial charge in [-0.25, -0.2) is 0 Å². The minimum atomic E-state index is -1.40. The Bertz CT molecular complexity index is 1690.